The molecule has 2 bridgehead atoms. The van der Waals surface area contributed by atoms with Gasteiger partial charge in [-0.2, -0.15) is 0 Å². The average Bonchev–Trinajstić information content (AvgIpc) is 3.61. The predicted molar refractivity (Wildman–Crippen MR) is 133 cm³/mol. The van der Waals surface area contributed by atoms with Gasteiger partial charge < -0.3 is 30.6 Å². The van der Waals surface area contributed by atoms with Gasteiger partial charge in [0, 0.05) is 32.5 Å². The molecule has 2 atom stereocenters. The van der Waals surface area contributed by atoms with Crippen molar-refractivity contribution in [1.29, 1.82) is 0 Å². The average molecular weight is 490 g/mol. The number of pyridine rings is 1. The molecule has 2 saturated heterocycles. The van der Waals surface area contributed by atoms with Crippen LogP contribution in [-0.4, -0.2) is 62.8 Å². The highest BCUT2D eigenvalue weighted by molar-refractivity contribution is 5.99. The Hall–Kier alpha value is -4.32. The van der Waals surface area contributed by atoms with Crippen LogP contribution < -0.4 is 21.3 Å². The van der Waals surface area contributed by atoms with Crippen LogP contribution in [0.25, 0.3) is 22.3 Å². The molecule has 12 heteroatoms. The Kier molecular flexibility index (Phi) is 5.18. The first-order chi connectivity index (χ1) is 17.4. The minimum atomic E-state index is -0.805. The molecule has 6 rings (SSSR count). The summed E-state index contributed by atoms with van der Waals surface area (Å²) < 4.78 is 22.6. The largest absolute Gasteiger partial charge is 0.374 e. The summed E-state index contributed by atoms with van der Waals surface area (Å²) in [7, 11) is 3.53. The number of nitrogens with zero attached hydrogens (tertiary/aromatic N) is 6. The maximum Gasteiger partial charge on any atom is 0.271 e. The van der Waals surface area contributed by atoms with Crippen LogP contribution in [0.3, 0.4) is 0 Å². The van der Waals surface area contributed by atoms with Crippen LogP contribution in [0.1, 0.15) is 16.9 Å². The van der Waals surface area contributed by atoms with E-state index in [2.05, 4.69) is 35.5 Å². The monoisotopic (exact) mass is 489 g/mol. The molecule has 0 aliphatic carbocycles. The van der Waals surface area contributed by atoms with Crippen LogP contribution in [0.2, 0.25) is 0 Å². The molecule has 184 valence electrons. The molecule has 0 spiro atoms. The summed E-state index contributed by atoms with van der Waals surface area (Å²) in [5.74, 6) is -0.893. The first-order valence-electron chi connectivity index (χ1n) is 11.5. The second-order valence-corrected chi connectivity index (χ2v) is 8.93. The van der Waals surface area contributed by atoms with Gasteiger partial charge in [-0.3, -0.25) is 9.78 Å². The summed E-state index contributed by atoms with van der Waals surface area (Å²) in [5.41, 5.74) is 8.84. The number of anilines is 4. The van der Waals surface area contributed by atoms with Crippen molar-refractivity contribution in [3.05, 3.63) is 48.4 Å². The molecule has 4 N–H and O–H groups in total. The number of halogens is 1. The van der Waals surface area contributed by atoms with Gasteiger partial charge in [0.2, 0.25) is 0 Å². The van der Waals surface area contributed by atoms with Crippen molar-refractivity contribution in [1.82, 2.24) is 24.5 Å². The predicted octanol–water partition coefficient (Wildman–Crippen LogP) is 2.43. The van der Waals surface area contributed by atoms with Crippen LogP contribution in [0.15, 0.2) is 36.9 Å². The second kappa shape index (κ2) is 8.41. The SMILES string of the molecule is CNc1nc(Nc2ccc(N3CC4CC3CO4)cc2F)c(C(N)=O)nc1-c1cncc2c1ncn2C. The normalized spacial score (nSPS) is 18.7. The minimum Gasteiger partial charge on any atom is -0.374 e. The van der Waals surface area contributed by atoms with Gasteiger partial charge in [0.15, 0.2) is 17.3 Å². The Balaban J connectivity index is 1.38. The molecule has 0 saturated carbocycles. The van der Waals surface area contributed by atoms with Gasteiger partial charge in [0.25, 0.3) is 5.91 Å². The summed E-state index contributed by atoms with van der Waals surface area (Å²) >= 11 is 0. The van der Waals surface area contributed by atoms with Crippen molar-refractivity contribution >= 4 is 40.0 Å². The van der Waals surface area contributed by atoms with Gasteiger partial charge >= 0.3 is 0 Å². The van der Waals surface area contributed by atoms with Crippen molar-refractivity contribution in [3.63, 3.8) is 0 Å². The summed E-state index contributed by atoms with van der Waals surface area (Å²) in [6.45, 7) is 1.41. The topological polar surface area (TPSA) is 136 Å². The fourth-order valence-corrected chi connectivity index (χ4v) is 4.90. The first kappa shape index (κ1) is 22.2. The quantitative estimate of drug-likeness (QED) is 0.373. The maximum atomic E-state index is 15.1. The van der Waals surface area contributed by atoms with E-state index in [1.807, 2.05) is 17.7 Å². The molecule has 1 amide bonds. The Morgan fingerprint density at radius 3 is 2.81 bits per heavy atom. The number of ether oxygens (including phenoxy) is 1. The van der Waals surface area contributed by atoms with Gasteiger partial charge in [-0.15, -0.1) is 0 Å². The number of carbonyl (C=O) groups excluding carboxylic acids is 1. The molecular weight excluding hydrogens is 465 g/mol. The second-order valence-electron chi connectivity index (χ2n) is 8.93. The lowest BCUT2D eigenvalue weighted by Crippen LogP contribution is -2.36. The van der Waals surface area contributed by atoms with E-state index < -0.39 is 11.7 Å². The Bertz CT molecular complexity index is 1500. The van der Waals surface area contributed by atoms with Gasteiger partial charge in [0.05, 0.1) is 48.0 Å². The third-order valence-electron chi connectivity index (χ3n) is 6.70. The van der Waals surface area contributed by atoms with E-state index in [4.69, 9.17) is 10.5 Å². The number of aryl methyl sites for hydroxylation is 1. The lowest BCUT2D eigenvalue weighted by Gasteiger charge is -2.29. The molecular formula is C24H24FN9O2. The Morgan fingerprint density at radius 1 is 1.25 bits per heavy atom. The smallest absolute Gasteiger partial charge is 0.271 e. The van der Waals surface area contributed by atoms with E-state index in [1.54, 1.807) is 31.8 Å². The molecule has 2 aliphatic rings. The van der Waals surface area contributed by atoms with Crippen LogP contribution >= 0.6 is 0 Å². The summed E-state index contributed by atoms with van der Waals surface area (Å²) in [6.07, 6.45) is 6.12. The molecule has 11 nitrogen and oxygen atoms in total. The number of morpholine rings is 1. The van der Waals surface area contributed by atoms with E-state index in [0.29, 0.717) is 29.2 Å². The summed E-state index contributed by atoms with van der Waals surface area (Å²) in [6, 6.07) is 5.20. The van der Waals surface area contributed by atoms with E-state index >= 15 is 4.39 Å². The molecule has 36 heavy (non-hydrogen) atoms. The maximum absolute atomic E-state index is 15.1. The fourth-order valence-electron chi connectivity index (χ4n) is 4.90. The van der Waals surface area contributed by atoms with Gasteiger partial charge in [-0.25, -0.2) is 19.3 Å². The van der Waals surface area contributed by atoms with Crippen LogP contribution in [0.5, 0.6) is 0 Å². The van der Waals surface area contributed by atoms with E-state index in [0.717, 1.165) is 24.2 Å². The molecule has 4 aromatic rings. The van der Waals surface area contributed by atoms with Gasteiger partial charge in [-0.05, 0) is 24.6 Å². The lowest BCUT2D eigenvalue weighted by atomic mass is 10.1. The number of benzene rings is 1. The number of nitrogens with two attached hydrogens (primary N) is 1. The number of imidazole rings is 1. The zero-order valence-corrected chi connectivity index (χ0v) is 19.7. The molecule has 2 fully saturated rings. The van der Waals surface area contributed by atoms with E-state index in [1.165, 1.54) is 6.07 Å². The number of hydrogen-bond donors (Lipinski definition) is 3. The number of amides is 1. The first-order valence-corrected chi connectivity index (χ1v) is 11.5. The van der Waals surface area contributed by atoms with E-state index in [-0.39, 0.29) is 29.3 Å². The highest BCUT2D eigenvalue weighted by Gasteiger charge is 2.39. The molecule has 5 heterocycles. The van der Waals surface area contributed by atoms with Crippen molar-refractivity contribution in [2.24, 2.45) is 12.8 Å². The number of rotatable bonds is 6. The number of aromatic nitrogens is 5. The standard InChI is InChI=1S/C24H24FN9O2/c1-27-23-20(15-7-28-8-18-19(15)29-11-33(18)2)31-21(22(26)35)24(32-23)30-17-4-3-12(6-16(17)25)34-9-14-5-13(34)10-36-14/h3-4,6-8,11,13-14H,5,9-10H2,1-2H3,(H2,26,35)(H2,27,30,32). The van der Waals surface area contributed by atoms with Crippen molar-refractivity contribution in [3.8, 4) is 11.3 Å². The fraction of sp³-hybridized carbons (Fsp3) is 0.292. The number of fused-ring (bicyclic) bond motifs is 3. The highest BCUT2D eigenvalue weighted by atomic mass is 19.1. The number of primary amides is 1. The van der Waals surface area contributed by atoms with Crippen molar-refractivity contribution in [2.75, 3.05) is 35.7 Å². The van der Waals surface area contributed by atoms with Crippen molar-refractivity contribution < 1.29 is 13.9 Å². The van der Waals surface area contributed by atoms with Crippen LogP contribution in [0.4, 0.5) is 27.4 Å². The molecule has 2 aliphatic heterocycles. The number of carbonyl (C=O) groups is 1. The molecule has 0 radical (unpaired) electrons. The molecule has 2 unspecified atom stereocenters. The Labute approximate surface area is 205 Å². The van der Waals surface area contributed by atoms with Crippen molar-refractivity contribution in [2.45, 2.75) is 18.6 Å². The number of hydrogen-bond acceptors (Lipinski definition) is 9. The molecule has 1 aromatic carbocycles. The van der Waals surface area contributed by atoms with Crippen LogP contribution in [-0.2, 0) is 11.8 Å². The minimum absolute atomic E-state index is 0.0389. The summed E-state index contributed by atoms with van der Waals surface area (Å²) in [5, 5.41) is 5.89. The van der Waals surface area contributed by atoms with Gasteiger partial charge in [-0.1, -0.05) is 0 Å². The lowest BCUT2D eigenvalue weighted by molar-refractivity contribution is 0.0989. The Morgan fingerprint density at radius 2 is 2.11 bits per heavy atom. The highest BCUT2D eigenvalue weighted by Crippen LogP contribution is 2.36. The van der Waals surface area contributed by atoms with Gasteiger partial charge in [0.1, 0.15) is 17.0 Å². The number of nitrogens with one attached hydrogen (secondary N) is 2. The zero-order chi connectivity index (χ0) is 25.0. The summed E-state index contributed by atoms with van der Waals surface area (Å²) in [4.78, 5) is 32.3. The third-order valence-corrected chi connectivity index (χ3v) is 6.70. The zero-order valence-electron chi connectivity index (χ0n) is 19.7. The van der Waals surface area contributed by atoms with Crippen LogP contribution in [0, 0.1) is 5.82 Å². The third kappa shape index (κ3) is 3.57. The van der Waals surface area contributed by atoms with E-state index in [9.17, 15) is 4.79 Å². The molecule has 3 aromatic heterocycles.